The van der Waals surface area contributed by atoms with Crippen LogP contribution in [0.4, 0.5) is 0 Å². The third-order valence-electron chi connectivity index (χ3n) is 1.82. The van der Waals surface area contributed by atoms with Gasteiger partial charge in [-0.25, -0.2) is 5.48 Å². The van der Waals surface area contributed by atoms with Gasteiger partial charge in [0.05, 0.1) is 12.0 Å². The van der Waals surface area contributed by atoms with Crippen LogP contribution >= 0.6 is 0 Å². The number of carbonyl (C=O) groups excluding carboxylic acids is 1. The van der Waals surface area contributed by atoms with Crippen molar-refractivity contribution in [2.45, 2.75) is 19.4 Å². The third kappa shape index (κ3) is 1.27. The van der Waals surface area contributed by atoms with Crippen molar-refractivity contribution in [1.82, 2.24) is 5.48 Å². The van der Waals surface area contributed by atoms with Gasteiger partial charge in [-0.2, -0.15) is 0 Å². The molecule has 1 aliphatic heterocycles. The molecule has 0 spiro atoms. The smallest absolute Gasteiger partial charge is 0.249 e. The maximum Gasteiger partial charge on any atom is 0.249 e. The van der Waals surface area contributed by atoms with Gasteiger partial charge in [-0.1, -0.05) is 0 Å². The van der Waals surface area contributed by atoms with Crippen molar-refractivity contribution in [1.29, 1.82) is 0 Å². The summed E-state index contributed by atoms with van der Waals surface area (Å²) < 4.78 is 5.12. The van der Waals surface area contributed by atoms with E-state index in [2.05, 4.69) is 0 Å². The predicted octanol–water partition coefficient (Wildman–Crippen LogP) is -0.0832. The Bertz CT molecular complexity index is 137. The lowest BCUT2D eigenvalue weighted by Gasteiger charge is -2.09. The first-order valence-corrected chi connectivity index (χ1v) is 3.31. The van der Waals surface area contributed by atoms with E-state index in [4.69, 9.17) is 9.94 Å². The summed E-state index contributed by atoms with van der Waals surface area (Å²) in [6, 6.07) is 0. The summed E-state index contributed by atoms with van der Waals surface area (Å²) in [5.74, 6) is -0.519. The monoisotopic (exact) mass is 145 g/mol. The molecule has 1 rings (SSSR count). The van der Waals surface area contributed by atoms with E-state index < -0.39 is 0 Å². The molecule has 2 unspecified atom stereocenters. The van der Waals surface area contributed by atoms with E-state index in [-0.39, 0.29) is 17.9 Å². The summed E-state index contributed by atoms with van der Waals surface area (Å²) in [4.78, 5) is 10.8. The minimum absolute atomic E-state index is 0.0628. The number of rotatable bonds is 1. The predicted molar refractivity (Wildman–Crippen MR) is 33.5 cm³/mol. The highest BCUT2D eigenvalue weighted by atomic mass is 16.5. The number of hydroxylamine groups is 1. The fourth-order valence-electron chi connectivity index (χ4n) is 1.16. The quantitative estimate of drug-likeness (QED) is 0.400. The van der Waals surface area contributed by atoms with Crippen molar-refractivity contribution in [2.75, 3.05) is 6.61 Å². The average Bonchev–Trinajstić information content (AvgIpc) is 2.34. The van der Waals surface area contributed by atoms with Crippen LogP contribution in [0.2, 0.25) is 0 Å². The van der Waals surface area contributed by atoms with Crippen molar-refractivity contribution < 1.29 is 14.7 Å². The van der Waals surface area contributed by atoms with Gasteiger partial charge in [-0.05, 0) is 13.3 Å². The Morgan fingerprint density at radius 1 is 1.80 bits per heavy atom. The molecule has 0 bridgehead atoms. The second-order valence-corrected chi connectivity index (χ2v) is 2.45. The zero-order chi connectivity index (χ0) is 7.56. The minimum atomic E-state index is -0.343. The van der Waals surface area contributed by atoms with Crippen LogP contribution in [-0.2, 0) is 9.53 Å². The molecule has 58 valence electrons. The Labute approximate surface area is 59.1 Å². The molecule has 4 nitrogen and oxygen atoms in total. The number of hydrogen-bond acceptors (Lipinski definition) is 3. The lowest BCUT2D eigenvalue weighted by Crippen LogP contribution is -2.31. The molecule has 1 aliphatic rings. The molecular formula is C6H11NO3. The topological polar surface area (TPSA) is 58.6 Å². The highest BCUT2D eigenvalue weighted by Gasteiger charge is 2.30. The summed E-state index contributed by atoms with van der Waals surface area (Å²) in [7, 11) is 0. The second kappa shape index (κ2) is 2.98. The fraction of sp³-hybridized carbons (Fsp3) is 0.833. The summed E-state index contributed by atoms with van der Waals surface area (Å²) in [6.07, 6.45) is 0.639. The number of ether oxygens (including phenoxy) is 1. The van der Waals surface area contributed by atoms with E-state index in [0.29, 0.717) is 13.0 Å². The summed E-state index contributed by atoms with van der Waals surface area (Å²) in [5.41, 5.74) is 1.62. The molecule has 2 N–H and O–H groups in total. The molecule has 0 aromatic rings. The van der Waals surface area contributed by atoms with Gasteiger partial charge < -0.3 is 4.74 Å². The molecule has 0 aromatic heterocycles. The van der Waals surface area contributed by atoms with E-state index in [1.165, 1.54) is 0 Å². The summed E-state index contributed by atoms with van der Waals surface area (Å²) in [5, 5.41) is 8.26. The minimum Gasteiger partial charge on any atom is -0.378 e. The molecule has 4 heteroatoms. The van der Waals surface area contributed by atoms with Gasteiger partial charge in [0.25, 0.3) is 0 Å². The molecule has 0 aliphatic carbocycles. The largest absolute Gasteiger partial charge is 0.378 e. The van der Waals surface area contributed by atoms with Crippen LogP contribution < -0.4 is 5.48 Å². The van der Waals surface area contributed by atoms with Gasteiger partial charge in [0, 0.05) is 6.61 Å². The van der Waals surface area contributed by atoms with Crippen molar-refractivity contribution in [3.05, 3.63) is 0 Å². The Morgan fingerprint density at radius 2 is 2.50 bits per heavy atom. The molecule has 0 saturated carbocycles. The van der Waals surface area contributed by atoms with E-state index in [9.17, 15) is 4.79 Å². The Hall–Kier alpha value is -0.610. The lowest BCUT2D eigenvalue weighted by atomic mass is 10.0. The van der Waals surface area contributed by atoms with Crippen molar-refractivity contribution >= 4 is 5.91 Å². The van der Waals surface area contributed by atoms with Crippen LogP contribution in [0.1, 0.15) is 13.3 Å². The first kappa shape index (κ1) is 7.50. The van der Waals surface area contributed by atoms with Crippen LogP contribution in [0, 0.1) is 5.92 Å². The molecule has 1 fully saturated rings. The van der Waals surface area contributed by atoms with Crippen LogP contribution in [0.5, 0.6) is 0 Å². The molecule has 2 atom stereocenters. The van der Waals surface area contributed by atoms with Gasteiger partial charge in [-0.3, -0.25) is 10.0 Å². The van der Waals surface area contributed by atoms with Gasteiger partial charge in [0.1, 0.15) is 0 Å². The maximum atomic E-state index is 10.8. The van der Waals surface area contributed by atoms with Gasteiger partial charge in [0.2, 0.25) is 5.91 Å². The third-order valence-corrected chi connectivity index (χ3v) is 1.82. The van der Waals surface area contributed by atoms with E-state index in [0.717, 1.165) is 0 Å². The molecule has 1 saturated heterocycles. The van der Waals surface area contributed by atoms with Crippen molar-refractivity contribution in [3.8, 4) is 0 Å². The maximum absolute atomic E-state index is 10.8. The molecule has 0 radical (unpaired) electrons. The average molecular weight is 145 g/mol. The van der Waals surface area contributed by atoms with Crippen LogP contribution in [0.25, 0.3) is 0 Å². The zero-order valence-corrected chi connectivity index (χ0v) is 5.83. The van der Waals surface area contributed by atoms with Crippen LogP contribution in [0.15, 0.2) is 0 Å². The molecule has 1 amide bonds. The van der Waals surface area contributed by atoms with Gasteiger partial charge in [-0.15, -0.1) is 0 Å². The second-order valence-electron chi connectivity index (χ2n) is 2.45. The number of nitrogens with one attached hydrogen (secondary N) is 1. The first-order chi connectivity index (χ1) is 4.75. The van der Waals surface area contributed by atoms with E-state index in [1.54, 1.807) is 5.48 Å². The molecule has 1 heterocycles. The van der Waals surface area contributed by atoms with Crippen LogP contribution in [-0.4, -0.2) is 23.8 Å². The lowest BCUT2D eigenvalue weighted by molar-refractivity contribution is -0.134. The Morgan fingerprint density at radius 3 is 2.90 bits per heavy atom. The van der Waals surface area contributed by atoms with Crippen molar-refractivity contribution in [2.24, 2.45) is 5.92 Å². The number of hydrogen-bond donors (Lipinski definition) is 2. The Kier molecular flexibility index (Phi) is 2.24. The highest BCUT2D eigenvalue weighted by Crippen LogP contribution is 2.19. The first-order valence-electron chi connectivity index (χ1n) is 3.31. The Balaban J connectivity index is 2.46. The molecule has 10 heavy (non-hydrogen) atoms. The molecular weight excluding hydrogens is 134 g/mol. The highest BCUT2D eigenvalue weighted by molar-refractivity contribution is 5.78. The van der Waals surface area contributed by atoms with Crippen LogP contribution in [0.3, 0.4) is 0 Å². The SMILES string of the molecule is CC1OCCC1C(=O)NO. The van der Waals surface area contributed by atoms with E-state index >= 15 is 0 Å². The fourth-order valence-corrected chi connectivity index (χ4v) is 1.16. The summed E-state index contributed by atoms with van der Waals surface area (Å²) >= 11 is 0. The number of carbonyl (C=O) groups is 1. The van der Waals surface area contributed by atoms with Gasteiger partial charge in [0.15, 0.2) is 0 Å². The van der Waals surface area contributed by atoms with Crippen molar-refractivity contribution in [3.63, 3.8) is 0 Å². The van der Waals surface area contributed by atoms with E-state index in [1.807, 2.05) is 6.92 Å². The standard InChI is InChI=1S/C6H11NO3/c1-4-5(2-3-10-4)6(8)7-9/h4-5,9H,2-3H2,1H3,(H,7,8). The summed E-state index contributed by atoms with van der Waals surface area (Å²) in [6.45, 7) is 2.44. The normalized spacial score (nSPS) is 32.2. The number of amides is 1. The van der Waals surface area contributed by atoms with Gasteiger partial charge >= 0.3 is 0 Å². The zero-order valence-electron chi connectivity index (χ0n) is 5.83. The molecule has 0 aromatic carbocycles.